The quantitative estimate of drug-likeness (QED) is 0.772. The minimum Gasteiger partial charge on any atom is -0.444 e. The van der Waals surface area contributed by atoms with Crippen molar-refractivity contribution in [2.75, 3.05) is 25.5 Å². The number of likely N-dealkylation sites (tertiary alicyclic amines) is 1. The first-order chi connectivity index (χ1) is 13.1. The van der Waals surface area contributed by atoms with Gasteiger partial charge in [0, 0.05) is 19.3 Å². The maximum Gasteiger partial charge on any atom is 0.410 e. The van der Waals surface area contributed by atoms with E-state index in [4.69, 9.17) is 10.5 Å². The molecule has 8 heteroatoms. The summed E-state index contributed by atoms with van der Waals surface area (Å²) in [6.45, 7) is 6.49. The van der Waals surface area contributed by atoms with E-state index in [1.54, 1.807) is 26.8 Å². The summed E-state index contributed by atoms with van der Waals surface area (Å²) in [6.07, 6.45) is 1.12. The average molecular weight is 390 g/mol. The second-order valence-corrected chi connectivity index (χ2v) is 8.07. The van der Waals surface area contributed by atoms with Gasteiger partial charge in [0.1, 0.15) is 12.1 Å². The third kappa shape index (κ3) is 6.23. The highest BCUT2D eigenvalue weighted by molar-refractivity contribution is 5.94. The number of carbonyl (C=O) groups is 3. The molecule has 0 aliphatic carbocycles. The SMILES string of the molecule is CN(CC(=O)Nc1ccccc1CN1CCCC1C(N)=O)C(=O)OC(C)(C)C. The van der Waals surface area contributed by atoms with Crippen LogP contribution in [0.1, 0.15) is 39.2 Å². The summed E-state index contributed by atoms with van der Waals surface area (Å²) in [5.74, 6) is -0.647. The Hall–Kier alpha value is -2.61. The maximum absolute atomic E-state index is 12.4. The molecule has 1 aliphatic heterocycles. The molecule has 0 radical (unpaired) electrons. The number of benzene rings is 1. The number of para-hydroxylation sites is 1. The topological polar surface area (TPSA) is 105 Å². The van der Waals surface area contributed by atoms with Crippen molar-refractivity contribution >= 4 is 23.6 Å². The maximum atomic E-state index is 12.4. The van der Waals surface area contributed by atoms with Gasteiger partial charge in [0.05, 0.1) is 6.04 Å². The molecule has 1 atom stereocenters. The van der Waals surface area contributed by atoms with Crippen molar-refractivity contribution in [1.29, 1.82) is 0 Å². The van der Waals surface area contributed by atoms with Crippen molar-refractivity contribution in [2.45, 2.75) is 51.8 Å². The van der Waals surface area contributed by atoms with Crippen LogP contribution in [0.5, 0.6) is 0 Å². The summed E-state index contributed by atoms with van der Waals surface area (Å²) in [6, 6.07) is 7.14. The summed E-state index contributed by atoms with van der Waals surface area (Å²) in [5.41, 5.74) is 6.41. The van der Waals surface area contributed by atoms with Gasteiger partial charge in [-0.3, -0.25) is 14.5 Å². The minimum absolute atomic E-state index is 0.128. The van der Waals surface area contributed by atoms with E-state index in [2.05, 4.69) is 5.32 Å². The van der Waals surface area contributed by atoms with Crippen LogP contribution in [0.3, 0.4) is 0 Å². The van der Waals surface area contributed by atoms with Crippen LogP contribution >= 0.6 is 0 Å². The lowest BCUT2D eigenvalue weighted by atomic mass is 10.1. The molecule has 0 saturated carbocycles. The van der Waals surface area contributed by atoms with Gasteiger partial charge in [-0.2, -0.15) is 0 Å². The molecule has 1 heterocycles. The molecule has 1 unspecified atom stereocenters. The van der Waals surface area contributed by atoms with E-state index < -0.39 is 11.7 Å². The number of carbonyl (C=O) groups excluding carboxylic acids is 3. The lowest BCUT2D eigenvalue weighted by Gasteiger charge is -2.25. The number of nitrogens with two attached hydrogens (primary N) is 1. The highest BCUT2D eigenvalue weighted by Gasteiger charge is 2.29. The Morgan fingerprint density at radius 2 is 1.96 bits per heavy atom. The molecule has 1 aliphatic rings. The Morgan fingerprint density at radius 3 is 2.61 bits per heavy atom. The van der Waals surface area contributed by atoms with Gasteiger partial charge in [-0.25, -0.2) is 4.79 Å². The second-order valence-electron chi connectivity index (χ2n) is 8.07. The molecule has 0 bridgehead atoms. The van der Waals surface area contributed by atoms with Gasteiger partial charge >= 0.3 is 6.09 Å². The normalized spacial score (nSPS) is 17.2. The van der Waals surface area contributed by atoms with Crippen molar-refractivity contribution in [3.05, 3.63) is 29.8 Å². The van der Waals surface area contributed by atoms with E-state index in [1.165, 1.54) is 11.9 Å². The van der Waals surface area contributed by atoms with Gasteiger partial charge in [-0.15, -0.1) is 0 Å². The van der Waals surface area contributed by atoms with Gasteiger partial charge in [-0.1, -0.05) is 18.2 Å². The fourth-order valence-corrected chi connectivity index (χ4v) is 3.15. The number of amides is 3. The van der Waals surface area contributed by atoms with Gasteiger partial charge in [0.25, 0.3) is 0 Å². The van der Waals surface area contributed by atoms with Crippen molar-refractivity contribution in [2.24, 2.45) is 5.73 Å². The number of nitrogens with one attached hydrogen (secondary N) is 1. The fraction of sp³-hybridized carbons (Fsp3) is 0.550. The molecule has 1 saturated heterocycles. The highest BCUT2D eigenvalue weighted by Crippen LogP contribution is 2.23. The number of anilines is 1. The van der Waals surface area contributed by atoms with E-state index >= 15 is 0 Å². The summed E-state index contributed by atoms with van der Waals surface area (Å²) in [4.78, 5) is 39.3. The summed E-state index contributed by atoms with van der Waals surface area (Å²) in [5, 5.41) is 2.85. The van der Waals surface area contributed by atoms with Gasteiger partial charge in [0.2, 0.25) is 11.8 Å². The van der Waals surface area contributed by atoms with Gasteiger partial charge < -0.3 is 20.7 Å². The smallest absolute Gasteiger partial charge is 0.410 e. The number of likely N-dealkylation sites (N-methyl/N-ethyl adjacent to an activating group) is 1. The molecule has 0 aromatic heterocycles. The number of ether oxygens (including phenoxy) is 1. The van der Waals surface area contributed by atoms with E-state index in [1.807, 2.05) is 23.1 Å². The molecule has 8 nitrogen and oxygen atoms in total. The zero-order valence-corrected chi connectivity index (χ0v) is 17.0. The molecule has 3 amide bonds. The van der Waals surface area contributed by atoms with Crippen LogP contribution < -0.4 is 11.1 Å². The third-order valence-electron chi connectivity index (χ3n) is 4.44. The Kier molecular flexibility index (Phi) is 7.01. The zero-order valence-electron chi connectivity index (χ0n) is 17.0. The predicted molar refractivity (Wildman–Crippen MR) is 107 cm³/mol. The van der Waals surface area contributed by atoms with Crippen molar-refractivity contribution in [1.82, 2.24) is 9.80 Å². The number of nitrogens with zero attached hydrogens (tertiary/aromatic N) is 2. The Morgan fingerprint density at radius 1 is 1.29 bits per heavy atom. The number of hydrogen-bond donors (Lipinski definition) is 2. The van der Waals surface area contributed by atoms with E-state index in [0.29, 0.717) is 12.2 Å². The van der Waals surface area contributed by atoms with Crippen LogP contribution in [0.25, 0.3) is 0 Å². The average Bonchev–Trinajstić information content (AvgIpc) is 3.03. The molecule has 1 aromatic rings. The van der Waals surface area contributed by atoms with Gasteiger partial charge in [-0.05, 0) is 51.8 Å². The molecule has 2 rings (SSSR count). The van der Waals surface area contributed by atoms with Crippen LogP contribution in [0.4, 0.5) is 10.5 Å². The van der Waals surface area contributed by atoms with Crippen molar-refractivity contribution in [3.8, 4) is 0 Å². The number of rotatable bonds is 6. The second kappa shape index (κ2) is 9.05. The van der Waals surface area contributed by atoms with Gasteiger partial charge in [0.15, 0.2) is 0 Å². The first kappa shape index (κ1) is 21.7. The van der Waals surface area contributed by atoms with Crippen LogP contribution in [-0.2, 0) is 20.9 Å². The molecule has 28 heavy (non-hydrogen) atoms. The minimum atomic E-state index is -0.624. The van der Waals surface area contributed by atoms with E-state index in [9.17, 15) is 14.4 Å². The van der Waals surface area contributed by atoms with E-state index in [-0.39, 0.29) is 24.4 Å². The zero-order chi connectivity index (χ0) is 20.9. The Labute approximate surface area is 166 Å². The fourth-order valence-electron chi connectivity index (χ4n) is 3.15. The molecule has 3 N–H and O–H groups in total. The summed E-state index contributed by atoms with van der Waals surface area (Å²) in [7, 11) is 1.52. The van der Waals surface area contributed by atoms with Crippen molar-refractivity contribution < 1.29 is 19.1 Å². The molecule has 1 fully saturated rings. The molecule has 1 aromatic carbocycles. The van der Waals surface area contributed by atoms with Crippen molar-refractivity contribution in [3.63, 3.8) is 0 Å². The lowest BCUT2D eigenvalue weighted by Crippen LogP contribution is -2.40. The molecule has 0 spiro atoms. The molecular weight excluding hydrogens is 360 g/mol. The Balaban J connectivity index is 2.00. The van der Waals surface area contributed by atoms with Crippen LogP contribution in [0.15, 0.2) is 24.3 Å². The van der Waals surface area contributed by atoms with Crippen LogP contribution in [0, 0.1) is 0 Å². The van der Waals surface area contributed by atoms with Crippen LogP contribution in [-0.4, -0.2) is 59.5 Å². The summed E-state index contributed by atoms with van der Waals surface area (Å²) >= 11 is 0. The number of primary amides is 1. The standard InChI is InChI=1S/C20H30N4O4/c1-20(2,3)28-19(27)23(4)13-17(25)22-15-9-6-5-8-14(15)12-24-11-7-10-16(24)18(21)26/h5-6,8-9,16H,7,10-13H2,1-4H3,(H2,21,26)(H,22,25). The lowest BCUT2D eigenvalue weighted by molar-refractivity contribution is -0.122. The number of hydrogen-bond acceptors (Lipinski definition) is 5. The first-order valence-electron chi connectivity index (χ1n) is 9.42. The molecular formula is C20H30N4O4. The Bertz CT molecular complexity index is 729. The molecule has 154 valence electrons. The predicted octanol–water partition coefficient (Wildman–Crippen LogP) is 1.94. The largest absolute Gasteiger partial charge is 0.444 e. The monoisotopic (exact) mass is 390 g/mol. The van der Waals surface area contributed by atoms with Crippen LogP contribution in [0.2, 0.25) is 0 Å². The van der Waals surface area contributed by atoms with E-state index in [0.717, 1.165) is 24.9 Å². The first-order valence-corrected chi connectivity index (χ1v) is 9.42. The third-order valence-corrected chi connectivity index (χ3v) is 4.44. The highest BCUT2D eigenvalue weighted by atomic mass is 16.6. The summed E-state index contributed by atoms with van der Waals surface area (Å²) < 4.78 is 5.25.